The van der Waals surface area contributed by atoms with Crippen molar-refractivity contribution >= 4 is 17.3 Å². The summed E-state index contributed by atoms with van der Waals surface area (Å²) in [6.07, 6.45) is 3.71. The largest absolute Gasteiger partial charge is 0.366 e. The molecule has 2 aromatic rings. The Bertz CT molecular complexity index is 449. The van der Waals surface area contributed by atoms with Crippen molar-refractivity contribution in [2.24, 2.45) is 0 Å². The number of rotatable bonds is 1. The molecular weight excluding hydrogens is 196 g/mol. The lowest BCUT2D eigenvalue weighted by molar-refractivity contribution is 0.915. The van der Waals surface area contributed by atoms with E-state index in [-0.39, 0.29) is 0 Å². The number of aromatic nitrogens is 3. The minimum absolute atomic E-state index is 0.313. The van der Waals surface area contributed by atoms with Gasteiger partial charge in [-0.15, -0.1) is 16.4 Å². The quantitative estimate of drug-likeness (QED) is 0.744. The fraction of sp³-hybridized carbons (Fsp3) is 0.333. The van der Waals surface area contributed by atoms with Gasteiger partial charge in [0.25, 0.3) is 0 Å². The number of aryl methyl sites for hydroxylation is 2. The highest BCUT2D eigenvalue weighted by atomic mass is 32.1. The molecule has 14 heavy (non-hydrogen) atoms. The molecule has 2 heterocycles. The van der Waals surface area contributed by atoms with E-state index in [2.05, 4.69) is 21.2 Å². The summed E-state index contributed by atoms with van der Waals surface area (Å²) in [4.78, 5) is 6.76. The van der Waals surface area contributed by atoms with E-state index >= 15 is 0 Å². The van der Waals surface area contributed by atoms with Crippen molar-refractivity contribution in [1.29, 1.82) is 0 Å². The van der Waals surface area contributed by atoms with Gasteiger partial charge in [-0.2, -0.15) is 4.98 Å². The van der Waals surface area contributed by atoms with Crippen LogP contribution in [0.15, 0.2) is 6.07 Å². The van der Waals surface area contributed by atoms with E-state index < -0.39 is 0 Å². The molecule has 72 valence electrons. The molecule has 3 N–H and O–H groups in total. The molecular formula is C9H10N4S. The van der Waals surface area contributed by atoms with E-state index in [9.17, 15) is 0 Å². The summed E-state index contributed by atoms with van der Waals surface area (Å²) in [6, 6.07) is 2.20. The molecule has 0 atom stereocenters. The van der Waals surface area contributed by atoms with Crippen LogP contribution < -0.4 is 5.73 Å². The van der Waals surface area contributed by atoms with Crippen LogP contribution in [0.3, 0.4) is 0 Å². The Balaban J connectivity index is 2.05. The van der Waals surface area contributed by atoms with Gasteiger partial charge in [-0.3, -0.25) is 5.10 Å². The third kappa shape index (κ3) is 1.13. The van der Waals surface area contributed by atoms with Gasteiger partial charge >= 0.3 is 0 Å². The summed E-state index contributed by atoms with van der Waals surface area (Å²) < 4.78 is 0. The number of H-pyrrole nitrogens is 1. The van der Waals surface area contributed by atoms with Gasteiger partial charge in [0.1, 0.15) is 0 Å². The van der Waals surface area contributed by atoms with Crippen molar-refractivity contribution in [3.05, 3.63) is 16.5 Å². The Morgan fingerprint density at radius 1 is 1.43 bits per heavy atom. The van der Waals surface area contributed by atoms with Crippen molar-refractivity contribution < 1.29 is 0 Å². The van der Waals surface area contributed by atoms with Crippen molar-refractivity contribution in [2.75, 3.05) is 5.73 Å². The van der Waals surface area contributed by atoms with Gasteiger partial charge < -0.3 is 5.73 Å². The van der Waals surface area contributed by atoms with E-state index in [4.69, 9.17) is 5.73 Å². The zero-order valence-corrected chi connectivity index (χ0v) is 8.40. The molecule has 3 rings (SSSR count). The fourth-order valence-corrected chi connectivity index (χ4v) is 3.02. The van der Waals surface area contributed by atoms with Crippen molar-refractivity contribution in [1.82, 2.24) is 15.2 Å². The molecule has 0 aliphatic heterocycles. The monoisotopic (exact) mass is 206 g/mol. The van der Waals surface area contributed by atoms with Crippen molar-refractivity contribution in [3.63, 3.8) is 0 Å². The number of thiophene rings is 1. The summed E-state index contributed by atoms with van der Waals surface area (Å²) in [5.74, 6) is 1.11. The summed E-state index contributed by atoms with van der Waals surface area (Å²) >= 11 is 1.80. The normalized spacial score (nSPS) is 14.6. The fourth-order valence-electron chi connectivity index (χ4n) is 1.83. The Hall–Kier alpha value is -1.36. The molecule has 0 spiro atoms. The first-order valence-electron chi connectivity index (χ1n) is 4.63. The molecule has 0 aromatic carbocycles. The van der Waals surface area contributed by atoms with Crippen LogP contribution in [0.5, 0.6) is 0 Å². The van der Waals surface area contributed by atoms with E-state index in [0.717, 1.165) is 10.7 Å². The Labute approximate surface area is 85.2 Å². The number of nitrogens with zero attached hydrogens (tertiary/aromatic N) is 2. The predicted molar refractivity (Wildman–Crippen MR) is 56.1 cm³/mol. The number of hydrogen-bond acceptors (Lipinski definition) is 4. The number of fused-ring (bicyclic) bond motifs is 1. The van der Waals surface area contributed by atoms with Gasteiger partial charge in [0, 0.05) is 4.88 Å². The number of hydrogen-bond donors (Lipinski definition) is 2. The molecule has 0 saturated carbocycles. The third-order valence-electron chi connectivity index (χ3n) is 2.48. The van der Waals surface area contributed by atoms with Crippen LogP contribution in [-0.4, -0.2) is 15.2 Å². The van der Waals surface area contributed by atoms with Crippen LogP contribution in [-0.2, 0) is 12.8 Å². The molecule has 5 heteroatoms. The summed E-state index contributed by atoms with van der Waals surface area (Å²) in [6.45, 7) is 0. The molecule has 0 bridgehead atoms. The first-order chi connectivity index (χ1) is 6.83. The molecule has 0 amide bonds. The highest BCUT2D eigenvalue weighted by molar-refractivity contribution is 7.15. The molecule has 1 aliphatic carbocycles. The zero-order valence-electron chi connectivity index (χ0n) is 7.58. The highest BCUT2D eigenvalue weighted by Gasteiger charge is 2.16. The SMILES string of the molecule is Nc1n[nH]c(-c2cc3c(s2)CCC3)n1. The number of nitrogens with two attached hydrogens (primary N) is 1. The van der Waals surface area contributed by atoms with Gasteiger partial charge in [-0.1, -0.05) is 0 Å². The highest BCUT2D eigenvalue weighted by Crippen LogP contribution is 2.35. The van der Waals surface area contributed by atoms with Crippen LogP contribution in [0.25, 0.3) is 10.7 Å². The second-order valence-corrected chi connectivity index (χ2v) is 4.59. The average Bonchev–Trinajstić information content (AvgIpc) is 2.75. The molecule has 4 nitrogen and oxygen atoms in total. The number of aromatic amines is 1. The summed E-state index contributed by atoms with van der Waals surface area (Å²) in [5.41, 5.74) is 6.93. The topological polar surface area (TPSA) is 67.6 Å². The maximum absolute atomic E-state index is 5.46. The maximum atomic E-state index is 5.46. The van der Waals surface area contributed by atoms with Gasteiger partial charge in [0.15, 0.2) is 5.82 Å². The van der Waals surface area contributed by atoms with Gasteiger partial charge in [0.05, 0.1) is 4.88 Å². The van der Waals surface area contributed by atoms with Gasteiger partial charge in [0.2, 0.25) is 5.95 Å². The van der Waals surface area contributed by atoms with Crippen molar-refractivity contribution in [2.45, 2.75) is 19.3 Å². The number of nitrogens with one attached hydrogen (secondary N) is 1. The summed E-state index contributed by atoms with van der Waals surface area (Å²) in [5, 5.41) is 6.66. The number of nitrogen functional groups attached to an aromatic ring is 1. The average molecular weight is 206 g/mol. The minimum atomic E-state index is 0.313. The van der Waals surface area contributed by atoms with E-state index in [1.807, 2.05) is 0 Å². The molecule has 0 fully saturated rings. The van der Waals surface area contributed by atoms with Crippen LogP contribution in [0.2, 0.25) is 0 Å². The molecule has 0 radical (unpaired) electrons. The standard InChI is InChI=1S/C9H10N4S/c10-9-11-8(12-13-9)7-4-5-2-1-3-6(5)14-7/h4H,1-3H2,(H3,10,11,12,13). The van der Waals surface area contributed by atoms with Gasteiger partial charge in [-0.05, 0) is 30.9 Å². The Morgan fingerprint density at radius 3 is 3.07 bits per heavy atom. The zero-order chi connectivity index (χ0) is 9.54. The molecule has 2 aromatic heterocycles. The lowest BCUT2D eigenvalue weighted by Crippen LogP contribution is -1.85. The lowest BCUT2D eigenvalue weighted by atomic mass is 10.2. The summed E-state index contributed by atoms with van der Waals surface area (Å²) in [7, 11) is 0. The minimum Gasteiger partial charge on any atom is -0.366 e. The van der Waals surface area contributed by atoms with E-state index in [0.29, 0.717) is 5.95 Å². The smallest absolute Gasteiger partial charge is 0.239 e. The van der Waals surface area contributed by atoms with E-state index in [1.54, 1.807) is 11.3 Å². The van der Waals surface area contributed by atoms with Crippen LogP contribution >= 0.6 is 11.3 Å². The van der Waals surface area contributed by atoms with Crippen LogP contribution in [0.4, 0.5) is 5.95 Å². The van der Waals surface area contributed by atoms with Crippen LogP contribution in [0, 0.1) is 0 Å². The molecule has 0 unspecified atom stereocenters. The number of anilines is 1. The maximum Gasteiger partial charge on any atom is 0.239 e. The van der Waals surface area contributed by atoms with Crippen molar-refractivity contribution in [3.8, 4) is 10.7 Å². The Morgan fingerprint density at radius 2 is 2.36 bits per heavy atom. The Kier molecular flexibility index (Phi) is 1.61. The lowest BCUT2D eigenvalue weighted by Gasteiger charge is -1.88. The van der Waals surface area contributed by atoms with E-state index in [1.165, 1.54) is 29.7 Å². The van der Waals surface area contributed by atoms with Gasteiger partial charge in [-0.25, -0.2) is 0 Å². The van der Waals surface area contributed by atoms with Crippen LogP contribution in [0.1, 0.15) is 16.9 Å². The first kappa shape index (κ1) is 7.99. The second kappa shape index (κ2) is 2.81. The predicted octanol–water partition coefficient (Wildman–Crippen LogP) is 1.60. The first-order valence-corrected chi connectivity index (χ1v) is 5.44. The second-order valence-electron chi connectivity index (χ2n) is 3.45. The third-order valence-corrected chi connectivity index (χ3v) is 3.73. The molecule has 0 saturated heterocycles. The molecule has 1 aliphatic rings.